The molecule has 0 spiro atoms. The second-order valence-corrected chi connectivity index (χ2v) is 11.4. The molecule has 2 aliphatic carbocycles. The van der Waals surface area contributed by atoms with Crippen LogP contribution in [-0.2, 0) is 29.0 Å². The normalized spacial score (nSPS) is 18.9. The van der Waals surface area contributed by atoms with Crippen LogP contribution in [0.15, 0.2) is 59.8 Å². The predicted molar refractivity (Wildman–Crippen MR) is 150 cm³/mol. The number of hydrogen-bond acceptors (Lipinski definition) is 6. The highest BCUT2D eigenvalue weighted by Gasteiger charge is 2.42. The Morgan fingerprint density at radius 2 is 1.82 bits per heavy atom. The number of nitriles is 1. The summed E-state index contributed by atoms with van der Waals surface area (Å²) in [5.74, 6) is 0.852. The molecule has 0 fully saturated rings. The molecule has 3 aliphatic rings. The first-order valence-electron chi connectivity index (χ1n) is 13.6. The lowest BCUT2D eigenvalue weighted by atomic mass is 9.77. The second kappa shape index (κ2) is 10.7. The van der Waals surface area contributed by atoms with Crippen molar-refractivity contribution in [3.05, 3.63) is 86.9 Å². The summed E-state index contributed by atoms with van der Waals surface area (Å²) in [5.41, 5.74) is 5.10. The van der Waals surface area contributed by atoms with E-state index in [4.69, 9.17) is 9.47 Å². The van der Waals surface area contributed by atoms with Crippen molar-refractivity contribution in [1.82, 2.24) is 0 Å². The van der Waals surface area contributed by atoms with Crippen LogP contribution in [0.4, 0.5) is 5.00 Å². The Bertz CT molecular complexity index is 1510. The first-order valence-corrected chi connectivity index (χ1v) is 14.4. The van der Waals surface area contributed by atoms with E-state index in [2.05, 4.69) is 6.07 Å². The van der Waals surface area contributed by atoms with Crippen molar-refractivity contribution in [2.75, 3.05) is 12.0 Å². The minimum atomic E-state index is -0.353. The van der Waals surface area contributed by atoms with Crippen molar-refractivity contribution in [2.24, 2.45) is 0 Å². The van der Waals surface area contributed by atoms with E-state index in [1.165, 1.54) is 4.88 Å². The molecular formula is C32H30N2O4S. The molecule has 2 aromatic carbocycles. The van der Waals surface area contributed by atoms with Gasteiger partial charge < -0.3 is 9.47 Å². The van der Waals surface area contributed by atoms with Crippen molar-refractivity contribution in [3.63, 3.8) is 0 Å². The quantitative estimate of drug-likeness (QED) is 0.353. The highest BCUT2D eigenvalue weighted by atomic mass is 32.1. The molecule has 6 nitrogen and oxygen atoms in total. The van der Waals surface area contributed by atoms with Crippen LogP contribution in [-0.4, -0.2) is 18.8 Å². The van der Waals surface area contributed by atoms with Gasteiger partial charge in [-0.25, -0.2) is 0 Å². The van der Waals surface area contributed by atoms with Gasteiger partial charge in [-0.3, -0.25) is 14.5 Å². The number of amides is 1. The predicted octanol–water partition coefficient (Wildman–Crippen LogP) is 6.61. The molecule has 0 saturated heterocycles. The lowest BCUT2D eigenvalue weighted by Crippen LogP contribution is -2.40. The van der Waals surface area contributed by atoms with Crippen molar-refractivity contribution in [2.45, 2.75) is 63.9 Å². The molecule has 1 aromatic heterocycles. The number of fused-ring (bicyclic) bond motifs is 1. The summed E-state index contributed by atoms with van der Waals surface area (Å²) in [6.45, 7) is 0.410. The number of methoxy groups -OCH3 is 1. The van der Waals surface area contributed by atoms with Crippen LogP contribution in [0, 0.1) is 11.3 Å². The first kappa shape index (κ1) is 25.4. The smallest absolute Gasteiger partial charge is 0.232 e. The summed E-state index contributed by atoms with van der Waals surface area (Å²) >= 11 is 1.56. The maximum atomic E-state index is 13.8. The zero-order valence-electron chi connectivity index (χ0n) is 22.0. The number of Topliss-reactive ketones (excluding diaryl/α,β-unsaturated/α-hetero) is 1. The first-order chi connectivity index (χ1) is 19.1. The second-order valence-electron chi connectivity index (χ2n) is 10.3. The molecule has 0 saturated carbocycles. The van der Waals surface area contributed by atoms with Gasteiger partial charge in [-0.15, -0.1) is 11.3 Å². The Morgan fingerprint density at radius 1 is 1.00 bits per heavy atom. The molecule has 0 N–H and O–H groups in total. The lowest BCUT2D eigenvalue weighted by molar-refractivity contribution is -0.119. The zero-order valence-corrected chi connectivity index (χ0v) is 22.8. The number of nitrogens with zero attached hydrogens (tertiary/aromatic N) is 2. The molecule has 2 heterocycles. The van der Waals surface area contributed by atoms with Crippen LogP contribution in [0.3, 0.4) is 0 Å². The molecule has 6 rings (SSSR count). The van der Waals surface area contributed by atoms with Crippen LogP contribution >= 0.6 is 11.3 Å². The van der Waals surface area contributed by atoms with Gasteiger partial charge in [0, 0.05) is 34.9 Å². The molecule has 0 bridgehead atoms. The van der Waals surface area contributed by atoms with Crippen LogP contribution in [0.1, 0.15) is 71.6 Å². The van der Waals surface area contributed by atoms with Crippen molar-refractivity contribution < 1.29 is 19.1 Å². The summed E-state index contributed by atoms with van der Waals surface area (Å²) in [6, 6.07) is 18.0. The SMILES string of the molecule is COc1cc(C2CC(=O)N(c3sc4c(c3C#N)CCCC4)C3=C2C(=O)CCC3)ccc1OCc1ccccc1. The van der Waals surface area contributed by atoms with Crippen LogP contribution < -0.4 is 14.4 Å². The van der Waals surface area contributed by atoms with Gasteiger partial charge in [0.1, 0.15) is 17.7 Å². The fraction of sp³-hybridized carbons (Fsp3) is 0.344. The third kappa shape index (κ3) is 4.63. The van der Waals surface area contributed by atoms with Crippen molar-refractivity contribution >= 4 is 28.0 Å². The van der Waals surface area contributed by atoms with E-state index in [1.807, 2.05) is 48.5 Å². The number of ketones is 1. The third-order valence-corrected chi connectivity index (χ3v) is 9.25. The molecule has 1 atom stereocenters. The number of hydrogen-bond donors (Lipinski definition) is 0. The fourth-order valence-electron chi connectivity index (χ4n) is 6.09. The van der Waals surface area contributed by atoms with Crippen molar-refractivity contribution in [1.29, 1.82) is 5.26 Å². The Balaban J connectivity index is 1.37. The van der Waals surface area contributed by atoms with E-state index in [1.54, 1.807) is 23.3 Å². The molecule has 1 unspecified atom stereocenters. The zero-order chi connectivity index (χ0) is 26.9. The van der Waals surface area contributed by atoms with Gasteiger partial charge in [0.2, 0.25) is 5.91 Å². The molecule has 0 radical (unpaired) electrons. The molecule has 39 heavy (non-hydrogen) atoms. The monoisotopic (exact) mass is 538 g/mol. The maximum Gasteiger partial charge on any atom is 0.232 e. The standard InChI is InChI=1S/C32H30N2O4S/c1-37-28-16-21(14-15-27(28)38-19-20-8-3-2-4-9-20)23-17-30(36)34(25-11-7-12-26(35)31(23)25)32-24(18-33)22-10-5-6-13-29(22)39-32/h2-4,8-9,14-16,23H,5-7,10-13,17,19H2,1H3. The van der Waals surface area contributed by atoms with Gasteiger partial charge in [0.05, 0.1) is 12.7 Å². The Hall–Kier alpha value is -3.89. The number of carbonyl (C=O) groups excluding carboxylic acids is 2. The summed E-state index contributed by atoms with van der Waals surface area (Å²) in [4.78, 5) is 30.2. The number of anilines is 1. The highest BCUT2D eigenvalue weighted by Crippen LogP contribution is 2.48. The van der Waals surface area contributed by atoms with Gasteiger partial charge in [0.25, 0.3) is 0 Å². The number of aryl methyl sites for hydroxylation is 1. The van der Waals surface area contributed by atoms with Gasteiger partial charge in [0.15, 0.2) is 17.3 Å². The summed E-state index contributed by atoms with van der Waals surface area (Å²) in [6.07, 6.45) is 5.98. The van der Waals surface area contributed by atoms with E-state index >= 15 is 0 Å². The molecule has 1 aliphatic heterocycles. The molecule has 198 valence electrons. The van der Waals surface area contributed by atoms with E-state index in [0.29, 0.717) is 53.5 Å². The third-order valence-electron chi connectivity index (χ3n) is 7.97. The van der Waals surface area contributed by atoms with Gasteiger partial charge in [-0.2, -0.15) is 5.26 Å². The number of carbonyl (C=O) groups is 2. The Morgan fingerprint density at radius 3 is 2.62 bits per heavy atom. The largest absolute Gasteiger partial charge is 0.493 e. The molecule has 3 aromatic rings. The number of thiophene rings is 1. The Kier molecular flexibility index (Phi) is 6.97. The summed E-state index contributed by atoms with van der Waals surface area (Å²) in [5, 5.41) is 10.8. The fourth-order valence-corrected chi connectivity index (χ4v) is 7.47. The Labute approximate surface area is 232 Å². The van der Waals surface area contributed by atoms with E-state index < -0.39 is 0 Å². The van der Waals surface area contributed by atoms with Gasteiger partial charge in [-0.1, -0.05) is 36.4 Å². The number of allylic oxidation sites excluding steroid dienone is 2. The molecular weight excluding hydrogens is 508 g/mol. The maximum absolute atomic E-state index is 13.8. The average Bonchev–Trinajstić information content (AvgIpc) is 3.34. The van der Waals surface area contributed by atoms with E-state index in [0.717, 1.165) is 48.1 Å². The lowest BCUT2D eigenvalue weighted by Gasteiger charge is -2.38. The van der Waals surface area contributed by atoms with Crippen LogP contribution in [0.25, 0.3) is 0 Å². The minimum Gasteiger partial charge on any atom is -0.493 e. The number of ether oxygens (including phenoxy) is 2. The van der Waals surface area contributed by atoms with Gasteiger partial charge in [-0.05, 0) is 67.3 Å². The van der Waals surface area contributed by atoms with Crippen LogP contribution in [0.5, 0.6) is 11.5 Å². The van der Waals surface area contributed by atoms with Crippen molar-refractivity contribution in [3.8, 4) is 17.6 Å². The van der Waals surface area contributed by atoms with E-state index in [-0.39, 0.29) is 24.0 Å². The molecule has 7 heteroatoms. The topological polar surface area (TPSA) is 79.6 Å². The average molecular weight is 539 g/mol. The number of rotatable bonds is 6. The highest BCUT2D eigenvalue weighted by molar-refractivity contribution is 7.16. The van der Waals surface area contributed by atoms with Crippen LogP contribution in [0.2, 0.25) is 0 Å². The van der Waals surface area contributed by atoms with Gasteiger partial charge >= 0.3 is 0 Å². The minimum absolute atomic E-state index is 0.0630. The number of benzene rings is 2. The van der Waals surface area contributed by atoms with E-state index in [9.17, 15) is 14.9 Å². The summed E-state index contributed by atoms with van der Waals surface area (Å²) in [7, 11) is 1.60. The summed E-state index contributed by atoms with van der Waals surface area (Å²) < 4.78 is 11.7. The molecule has 1 amide bonds.